The van der Waals surface area contributed by atoms with Crippen molar-refractivity contribution in [1.82, 2.24) is 5.32 Å². The molecule has 0 spiro atoms. The van der Waals surface area contributed by atoms with Gasteiger partial charge < -0.3 is 4.74 Å². The predicted octanol–water partition coefficient (Wildman–Crippen LogP) is 3.30. The van der Waals surface area contributed by atoms with E-state index in [1.807, 2.05) is 18.2 Å². The molecule has 0 saturated carbocycles. The predicted molar refractivity (Wildman–Crippen MR) is 86.7 cm³/mol. The topological polar surface area (TPSA) is 38.3 Å². The summed E-state index contributed by atoms with van der Waals surface area (Å²) in [6, 6.07) is 16.5. The van der Waals surface area contributed by atoms with E-state index in [1.54, 1.807) is 0 Å². The molecule has 2 unspecified atom stereocenters. The lowest BCUT2D eigenvalue weighted by molar-refractivity contribution is -0.139. The Morgan fingerprint density at radius 2 is 1.91 bits per heavy atom. The number of carbonyl (C=O) groups is 1. The highest BCUT2D eigenvalue weighted by Crippen LogP contribution is 2.27. The minimum absolute atomic E-state index is 0.00301. The Morgan fingerprint density at radius 1 is 1.14 bits per heavy atom. The number of nitrogens with one attached hydrogen (secondary N) is 1. The van der Waals surface area contributed by atoms with E-state index in [9.17, 15) is 4.79 Å². The fourth-order valence-corrected chi connectivity index (χ4v) is 2.93. The maximum absolute atomic E-state index is 11.8. The molecular weight excluding hydrogens is 274 g/mol. The molecule has 2 atom stereocenters. The fraction of sp³-hybridized carbons (Fsp3) is 0.316. The number of benzene rings is 2. The second kappa shape index (κ2) is 6.32. The minimum Gasteiger partial charge on any atom is -0.464 e. The van der Waals surface area contributed by atoms with Crippen molar-refractivity contribution in [3.63, 3.8) is 0 Å². The van der Waals surface area contributed by atoms with Crippen LogP contribution >= 0.6 is 0 Å². The molecule has 0 aliphatic carbocycles. The Labute approximate surface area is 131 Å². The summed E-state index contributed by atoms with van der Waals surface area (Å²) in [4.78, 5) is 11.8. The van der Waals surface area contributed by atoms with Gasteiger partial charge in [-0.3, -0.25) is 10.1 Å². The first-order chi connectivity index (χ1) is 10.6. The first-order valence-corrected chi connectivity index (χ1v) is 7.70. The number of carbonyl (C=O) groups excluding carboxylic acids is 1. The molecule has 1 aliphatic heterocycles. The molecule has 3 heteroatoms. The third-order valence-corrected chi connectivity index (χ3v) is 4.18. The molecule has 3 nitrogen and oxygen atoms in total. The van der Waals surface area contributed by atoms with E-state index in [0.29, 0.717) is 6.61 Å². The molecule has 114 valence electrons. The molecule has 1 N–H and O–H groups in total. The van der Waals surface area contributed by atoms with Gasteiger partial charge in [-0.15, -0.1) is 0 Å². The number of esters is 1. The van der Waals surface area contributed by atoms with Crippen LogP contribution in [0.15, 0.2) is 48.5 Å². The van der Waals surface area contributed by atoms with Crippen LogP contribution in [-0.2, 0) is 9.53 Å². The smallest absolute Gasteiger partial charge is 0.323 e. The van der Waals surface area contributed by atoms with Crippen molar-refractivity contribution in [1.29, 1.82) is 0 Å². The van der Waals surface area contributed by atoms with Crippen LogP contribution in [-0.4, -0.2) is 18.6 Å². The maximum atomic E-state index is 11.8. The summed E-state index contributed by atoms with van der Waals surface area (Å²) in [7, 11) is 0. The Bertz CT molecular complexity index is 666. The van der Waals surface area contributed by atoms with Crippen molar-refractivity contribution in [3.05, 3.63) is 70.8 Å². The molecule has 0 bridgehead atoms. The van der Waals surface area contributed by atoms with Crippen molar-refractivity contribution in [2.75, 3.05) is 6.61 Å². The largest absolute Gasteiger partial charge is 0.464 e. The summed E-state index contributed by atoms with van der Waals surface area (Å²) in [6.45, 7) is 4.71. The minimum atomic E-state index is -0.231. The van der Waals surface area contributed by atoms with Crippen LogP contribution in [0.3, 0.4) is 0 Å². The molecular formula is C19H21NO2. The molecule has 0 amide bonds. The van der Waals surface area contributed by atoms with Gasteiger partial charge in [-0.2, -0.15) is 0 Å². The van der Waals surface area contributed by atoms with Gasteiger partial charge in [0.05, 0.1) is 12.6 Å². The highest BCUT2D eigenvalue weighted by Gasteiger charge is 2.30. The van der Waals surface area contributed by atoms with Crippen LogP contribution in [0.1, 0.15) is 34.7 Å². The molecule has 1 saturated heterocycles. The van der Waals surface area contributed by atoms with Crippen LogP contribution < -0.4 is 5.32 Å². The standard InChI is InChI=1S/C19H21NO2/c1-13-8-9-14(2)16(12-13)18(15-6-4-3-5-7-15)20-17-10-11-22-19(17)21/h3-9,12,17-18,20H,10-11H2,1-2H3. The van der Waals surface area contributed by atoms with E-state index < -0.39 is 0 Å². The lowest BCUT2D eigenvalue weighted by atomic mass is 9.93. The normalized spacial score (nSPS) is 19.0. The van der Waals surface area contributed by atoms with Crippen LogP contribution in [0.5, 0.6) is 0 Å². The van der Waals surface area contributed by atoms with E-state index in [1.165, 1.54) is 16.7 Å². The Kier molecular flexibility index (Phi) is 4.25. The van der Waals surface area contributed by atoms with Crippen LogP contribution in [0.2, 0.25) is 0 Å². The Hall–Kier alpha value is -2.13. The SMILES string of the molecule is Cc1ccc(C)c(C(NC2CCOC2=O)c2ccccc2)c1. The summed E-state index contributed by atoms with van der Waals surface area (Å²) in [5.41, 5.74) is 4.82. The number of aryl methyl sites for hydroxylation is 2. The second-order valence-electron chi connectivity index (χ2n) is 5.88. The summed E-state index contributed by atoms with van der Waals surface area (Å²) in [6.07, 6.45) is 0.729. The van der Waals surface area contributed by atoms with E-state index in [-0.39, 0.29) is 18.1 Å². The number of rotatable bonds is 4. The van der Waals surface area contributed by atoms with Crippen molar-refractivity contribution < 1.29 is 9.53 Å². The second-order valence-corrected chi connectivity index (χ2v) is 5.88. The number of ether oxygens (including phenoxy) is 1. The van der Waals surface area contributed by atoms with Gasteiger partial charge in [0.15, 0.2) is 0 Å². The molecule has 22 heavy (non-hydrogen) atoms. The molecule has 1 heterocycles. The average Bonchev–Trinajstić information content (AvgIpc) is 2.93. The van der Waals surface area contributed by atoms with Gasteiger partial charge in [0.2, 0.25) is 0 Å². The van der Waals surface area contributed by atoms with Gasteiger partial charge >= 0.3 is 5.97 Å². The van der Waals surface area contributed by atoms with E-state index in [0.717, 1.165) is 12.0 Å². The first kappa shape index (κ1) is 14.8. The van der Waals surface area contributed by atoms with Gasteiger partial charge in [-0.1, -0.05) is 54.1 Å². The van der Waals surface area contributed by atoms with E-state index in [4.69, 9.17) is 4.74 Å². The van der Waals surface area contributed by atoms with Crippen LogP contribution in [0.25, 0.3) is 0 Å². The van der Waals surface area contributed by atoms with Gasteiger partial charge in [0.1, 0.15) is 6.04 Å². The zero-order chi connectivity index (χ0) is 15.5. The van der Waals surface area contributed by atoms with Crippen molar-refractivity contribution in [2.45, 2.75) is 32.4 Å². The summed E-state index contributed by atoms with van der Waals surface area (Å²) < 4.78 is 5.09. The van der Waals surface area contributed by atoms with Gasteiger partial charge in [0.25, 0.3) is 0 Å². The molecule has 1 fully saturated rings. The Morgan fingerprint density at radius 3 is 2.59 bits per heavy atom. The van der Waals surface area contributed by atoms with Crippen LogP contribution in [0, 0.1) is 13.8 Å². The molecule has 2 aromatic carbocycles. The third-order valence-electron chi connectivity index (χ3n) is 4.18. The Balaban J connectivity index is 1.99. The number of hydrogen-bond donors (Lipinski definition) is 1. The third kappa shape index (κ3) is 3.04. The fourth-order valence-electron chi connectivity index (χ4n) is 2.93. The lowest BCUT2D eigenvalue weighted by Crippen LogP contribution is -2.37. The quantitative estimate of drug-likeness (QED) is 0.880. The highest BCUT2D eigenvalue weighted by molar-refractivity contribution is 5.77. The van der Waals surface area contributed by atoms with Crippen LogP contribution in [0.4, 0.5) is 0 Å². The van der Waals surface area contributed by atoms with E-state index >= 15 is 0 Å². The van der Waals surface area contributed by atoms with Crippen molar-refractivity contribution in [2.24, 2.45) is 0 Å². The van der Waals surface area contributed by atoms with Gasteiger partial charge in [-0.05, 0) is 30.5 Å². The first-order valence-electron chi connectivity index (χ1n) is 7.70. The number of hydrogen-bond acceptors (Lipinski definition) is 3. The summed E-state index contributed by atoms with van der Waals surface area (Å²) in [5.74, 6) is -0.147. The monoisotopic (exact) mass is 295 g/mol. The summed E-state index contributed by atoms with van der Waals surface area (Å²) in [5, 5.41) is 3.49. The number of cyclic esters (lactones) is 1. The van der Waals surface area contributed by atoms with Gasteiger partial charge in [0, 0.05) is 6.42 Å². The zero-order valence-corrected chi connectivity index (χ0v) is 13.0. The van der Waals surface area contributed by atoms with Gasteiger partial charge in [-0.25, -0.2) is 0 Å². The zero-order valence-electron chi connectivity index (χ0n) is 13.0. The lowest BCUT2D eigenvalue weighted by Gasteiger charge is -2.24. The summed E-state index contributed by atoms with van der Waals surface area (Å²) >= 11 is 0. The van der Waals surface area contributed by atoms with E-state index in [2.05, 4.69) is 49.5 Å². The molecule has 1 aliphatic rings. The average molecular weight is 295 g/mol. The highest BCUT2D eigenvalue weighted by atomic mass is 16.5. The molecule has 3 rings (SSSR count). The maximum Gasteiger partial charge on any atom is 0.323 e. The molecule has 0 aromatic heterocycles. The van der Waals surface area contributed by atoms with Crippen molar-refractivity contribution >= 4 is 5.97 Å². The van der Waals surface area contributed by atoms with Crippen molar-refractivity contribution in [3.8, 4) is 0 Å². The molecule has 2 aromatic rings. The molecule has 0 radical (unpaired) electrons.